The van der Waals surface area contributed by atoms with Crippen LogP contribution >= 0.6 is 0 Å². The molecule has 1 saturated heterocycles. The Hall–Kier alpha value is -4.21. The van der Waals surface area contributed by atoms with E-state index in [0.717, 1.165) is 34.6 Å². The highest BCUT2D eigenvalue weighted by atomic mass is 16.2. The van der Waals surface area contributed by atoms with Gasteiger partial charge < -0.3 is 10.6 Å². The minimum atomic E-state index is -0.540. The summed E-state index contributed by atoms with van der Waals surface area (Å²) in [5, 5.41) is 8.41. The van der Waals surface area contributed by atoms with Gasteiger partial charge in [-0.25, -0.2) is 14.8 Å². The van der Waals surface area contributed by atoms with Crippen molar-refractivity contribution in [1.29, 1.82) is 0 Å². The zero-order valence-corrected chi connectivity index (χ0v) is 21.1. The van der Waals surface area contributed by atoms with E-state index in [1.807, 2.05) is 32.0 Å². The molecule has 6 amide bonds. The van der Waals surface area contributed by atoms with E-state index < -0.39 is 24.3 Å². The zero-order valence-electron chi connectivity index (χ0n) is 21.1. The van der Waals surface area contributed by atoms with E-state index in [1.54, 1.807) is 24.3 Å². The lowest BCUT2D eigenvalue weighted by atomic mass is 10.0. The predicted molar refractivity (Wildman–Crippen MR) is 137 cm³/mol. The molecule has 2 aliphatic rings. The largest absolute Gasteiger partial charge is 0.354 e. The van der Waals surface area contributed by atoms with Crippen LogP contribution < -0.4 is 10.6 Å². The van der Waals surface area contributed by atoms with Crippen molar-refractivity contribution < 1.29 is 24.0 Å². The van der Waals surface area contributed by atoms with Gasteiger partial charge in [-0.05, 0) is 42.5 Å². The highest BCUT2D eigenvalue weighted by Crippen LogP contribution is 2.24. The molecule has 0 radical (unpaired) electrons. The minimum Gasteiger partial charge on any atom is -0.354 e. The number of aryl methyl sites for hydroxylation is 2. The van der Waals surface area contributed by atoms with Crippen molar-refractivity contribution in [2.75, 3.05) is 31.5 Å². The van der Waals surface area contributed by atoms with Crippen LogP contribution in [0.15, 0.2) is 42.5 Å². The average molecular weight is 506 g/mol. The molecule has 2 N–H and O–H groups in total. The number of hydrogen-bond acceptors (Lipinski definition) is 5. The van der Waals surface area contributed by atoms with Crippen molar-refractivity contribution >= 4 is 35.3 Å². The van der Waals surface area contributed by atoms with Gasteiger partial charge in [0, 0.05) is 31.7 Å². The number of imide groups is 1. The van der Waals surface area contributed by atoms with Crippen LogP contribution in [0, 0.1) is 0 Å². The second-order valence-corrected chi connectivity index (χ2v) is 8.92. The molecule has 10 nitrogen and oxygen atoms in total. The van der Waals surface area contributed by atoms with Crippen molar-refractivity contribution in [3.63, 3.8) is 0 Å². The summed E-state index contributed by atoms with van der Waals surface area (Å²) in [6, 6.07) is 12.0. The Morgan fingerprint density at radius 1 is 0.838 bits per heavy atom. The molecular formula is C27H31N5O5. The van der Waals surface area contributed by atoms with Crippen molar-refractivity contribution in [2.24, 2.45) is 0 Å². The molecule has 0 spiro atoms. The standard InChI is InChI=1S/C27H31N5O5/c1-3-18-9-7-10-19(4-2)24(18)29-27(37)32-16-8-15-31(32)23(34)13-14-28-22(33)17-30-25(35)20-11-5-6-12-21(20)26(30)36/h5-7,9-12H,3-4,8,13-17H2,1-2H3,(H,28,33)(H,29,37). The fourth-order valence-corrected chi connectivity index (χ4v) is 4.68. The van der Waals surface area contributed by atoms with Crippen LogP contribution in [0.2, 0.25) is 0 Å². The molecule has 37 heavy (non-hydrogen) atoms. The number of benzene rings is 2. The van der Waals surface area contributed by atoms with E-state index in [4.69, 9.17) is 0 Å². The number of carbonyl (C=O) groups is 5. The quantitative estimate of drug-likeness (QED) is 0.535. The third-order valence-corrected chi connectivity index (χ3v) is 6.63. The molecule has 2 heterocycles. The maximum Gasteiger partial charge on any atom is 0.340 e. The second-order valence-electron chi connectivity index (χ2n) is 8.92. The molecule has 0 aliphatic carbocycles. The maximum atomic E-state index is 13.1. The third-order valence-electron chi connectivity index (χ3n) is 6.63. The van der Waals surface area contributed by atoms with Crippen molar-refractivity contribution in [2.45, 2.75) is 39.5 Å². The number of nitrogens with one attached hydrogen (secondary N) is 2. The fourth-order valence-electron chi connectivity index (χ4n) is 4.68. The monoisotopic (exact) mass is 505 g/mol. The Morgan fingerprint density at radius 2 is 1.43 bits per heavy atom. The molecule has 0 atom stereocenters. The van der Waals surface area contributed by atoms with Gasteiger partial charge in [0.2, 0.25) is 11.8 Å². The predicted octanol–water partition coefficient (Wildman–Crippen LogP) is 2.60. The minimum absolute atomic E-state index is 0.0193. The highest BCUT2D eigenvalue weighted by Gasteiger charge is 2.36. The number of hydrogen-bond donors (Lipinski definition) is 2. The van der Waals surface area contributed by atoms with Gasteiger partial charge >= 0.3 is 6.03 Å². The van der Waals surface area contributed by atoms with Crippen LogP contribution in [0.5, 0.6) is 0 Å². The number of nitrogens with zero attached hydrogens (tertiary/aromatic N) is 3. The van der Waals surface area contributed by atoms with Crippen molar-refractivity contribution in [3.05, 3.63) is 64.7 Å². The van der Waals surface area contributed by atoms with Crippen LogP contribution in [0.3, 0.4) is 0 Å². The number of hydrazine groups is 1. The Morgan fingerprint density at radius 3 is 2.03 bits per heavy atom. The number of rotatable bonds is 8. The summed E-state index contributed by atoms with van der Waals surface area (Å²) >= 11 is 0. The van der Waals surface area contributed by atoms with Crippen LogP contribution in [0.25, 0.3) is 0 Å². The van der Waals surface area contributed by atoms with E-state index in [9.17, 15) is 24.0 Å². The van der Waals surface area contributed by atoms with Crippen LogP contribution in [-0.2, 0) is 22.4 Å². The molecule has 2 aliphatic heterocycles. The molecule has 2 aromatic carbocycles. The van der Waals surface area contributed by atoms with Gasteiger partial charge in [0.15, 0.2) is 0 Å². The van der Waals surface area contributed by atoms with E-state index in [2.05, 4.69) is 10.6 Å². The first-order valence-corrected chi connectivity index (χ1v) is 12.6. The SMILES string of the molecule is CCc1cccc(CC)c1NC(=O)N1CCCN1C(=O)CCNC(=O)CN1C(=O)c2ccccc2C1=O. The highest BCUT2D eigenvalue weighted by molar-refractivity contribution is 6.22. The lowest BCUT2D eigenvalue weighted by Gasteiger charge is -2.29. The lowest BCUT2D eigenvalue weighted by molar-refractivity contribution is -0.139. The maximum absolute atomic E-state index is 13.1. The summed E-state index contributed by atoms with van der Waals surface area (Å²) in [4.78, 5) is 64.1. The van der Waals surface area contributed by atoms with E-state index in [1.165, 1.54) is 10.0 Å². The molecule has 4 rings (SSSR count). The Labute approximate surface area is 215 Å². The average Bonchev–Trinajstić information content (AvgIpc) is 3.49. The van der Waals surface area contributed by atoms with Crippen LogP contribution in [0.4, 0.5) is 10.5 Å². The lowest BCUT2D eigenvalue weighted by Crippen LogP contribution is -2.48. The Bertz CT molecular complexity index is 1190. The molecule has 0 saturated carbocycles. The molecule has 194 valence electrons. The second kappa shape index (κ2) is 11.2. The molecule has 1 fully saturated rings. The van der Waals surface area contributed by atoms with E-state index in [-0.39, 0.29) is 36.0 Å². The number of amides is 6. The summed E-state index contributed by atoms with van der Waals surface area (Å²) in [7, 11) is 0. The van der Waals surface area contributed by atoms with Gasteiger partial charge in [0.05, 0.1) is 11.1 Å². The number of carbonyl (C=O) groups excluding carboxylic acids is 5. The van der Waals surface area contributed by atoms with Crippen LogP contribution in [-0.4, -0.2) is 70.8 Å². The van der Waals surface area contributed by atoms with Gasteiger partial charge in [-0.1, -0.05) is 44.2 Å². The smallest absolute Gasteiger partial charge is 0.340 e. The van der Waals surface area contributed by atoms with Gasteiger partial charge in [-0.15, -0.1) is 0 Å². The summed E-state index contributed by atoms with van der Waals surface area (Å²) in [6.07, 6.45) is 2.17. The van der Waals surface area contributed by atoms with E-state index in [0.29, 0.717) is 19.5 Å². The summed E-state index contributed by atoms with van der Waals surface area (Å²) in [6.45, 7) is 4.48. The Kier molecular flexibility index (Phi) is 7.86. The zero-order chi connectivity index (χ0) is 26.5. The topological polar surface area (TPSA) is 119 Å². The number of para-hydroxylation sites is 1. The van der Waals surface area contributed by atoms with Gasteiger partial charge in [-0.3, -0.25) is 24.1 Å². The normalized spacial score (nSPS) is 14.7. The molecule has 0 aromatic heterocycles. The van der Waals surface area contributed by atoms with Gasteiger partial charge in [0.25, 0.3) is 11.8 Å². The number of urea groups is 1. The van der Waals surface area contributed by atoms with Crippen molar-refractivity contribution in [1.82, 2.24) is 20.2 Å². The number of anilines is 1. The van der Waals surface area contributed by atoms with Crippen molar-refractivity contribution in [3.8, 4) is 0 Å². The summed E-state index contributed by atoms with van der Waals surface area (Å²) < 4.78 is 0. The van der Waals surface area contributed by atoms with E-state index >= 15 is 0 Å². The summed E-state index contributed by atoms with van der Waals surface area (Å²) in [5.41, 5.74) is 3.40. The molecular weight excluding hydrogens is 474 g/mol. The van der Waals surface area contributed by atoms with Crippen LogP contribution in [0.1, 0.15) is 58.5 Å². The fraction of sp³-hybridized carbons (Fsp3) is 0.370. The molecule has 0 unspecified atom stereocenters. The Balaban J connectivity index is 1.29. The first-order valence-electron chi connectivity index (χ1n) is 12.6. The number of fused-ring (bicyclic) bond motifs is 1. The third kappa shape index (κ3) is 5.32. The molecule has 2 aromatic rings. The first kappa shape index (κ1) is 25.9. The first-order chi connectivity index (χ1) is 17.8. The summed E-state index contributed by atoms with van der Waals surface area (Å²) in [5.74, 6) is -1.86. The molecule has 0 bridgehead atoms. The van der Waals surface area contributed by atoms with Gasteiger partial charge in [-0.2, -0.15) is 0 Å². The molecule has 10 heteroatoms. The van der Waals surface area contributed by atoms with Gasteiger partial charge in [0.1, 0.15) is 6.54 Å².